The highest BCUT2D eigenvalue weighted by Crippen LogP contribution is 2.21. The third-order valence-corrected chi connectivity index (χ3v) is 2.62. The lowest BCUT2D eigenvalue weighted by Gasteiger charge is -1.98. The van der Waals surface area contributed by atoms with Crippen LogP contribution in [-0.4, -0.2) is 10.4 Å². The van der Waals surface area contributed by atoms with E-state index in [0.717, 1.165) is 23.2 Å². The zero-order chi connectivity index (χ0) is 7.68. The van der Waals surface area contributed by atoms with Crippen molar-refractivity contribution in [3.05, 3.63) is 11.1 Å². The molecule has 1 fully saturated rings. The van der Waals surface area contributed by atoms with Gasteiger partial charge in [-0.05, 0) is 24.4 Å². The molecular weight excluding hydrogens is 158 g/mol. The zero-order valence-corrected chi connectivity index (χ0v) is 7.03. The van der Waals surface area contributed by atoms with Crippen molar-refractivity contribution in [2.45, 2.75) is 25.4 Å². The maximum Gasteiger partial charge on any atom is 0.0672 e. The van der Waals surface area contributed by atoms with Crippen LogP contribution in [0.1, 0.15) is 17.7 Å². The van der Waals surface area contributed by atoms with Crippen LogP contribution < -0.4 is 11.1 Å². The summed E-state index contributed by atoms with van der Waals surface area (Å²) >= 11 is 1.48. The molecule has 0 aliphatic heterocycles. The first kappa shape index (κ1) is 7.06. The van der Waals surface area contributed by atoms with Gasteiger partial charge >= 0.3 is 0 Å². The first-order chi connectivity index (χ1) is 5.36. The number of aromatic nitrogens is 1. The van der Waals surface area contributed by atoms with Gasteiger partial charge in [0.2, 0.25) is 0 Å². The molecule has 11 heavy (non-hydrogen) atoms. The van der Waals surface area contributed by atoms with Gasteiger partial charge in [0.05, 0.1) is 16.8 Å². The van der Waals surface area contributed by atoms with E-state index < -0.39 is 0 Å². The predicted molar refractivity (Wildman–Crippen MR) is 46.4 cm³/mol. The summed E-state index contributed by atoms with van der Waals surface area (Å²) in [6.07, 6.45) is 4.35. The van der Waals surface area contributed by atoms with Crippen LogP contribution in [0.3, 0.4) is 0 Å². The second-order valence-electron chi connectivity index (χ2n) is 2.86. The maximum absolute atomic E-state index is 5.66. The van der Waals surface area contributed by atoms with Crippen molar-refractivity contribution in [3.63, 3.8) is 0 Å². The molecule has 2 rings (SSSR count). The SMILES string of the molecule is Nc1cnsc1CNC1CC1. The van der Waals surface area contributed by atoms with Gasteiger partial charge in [0.25, 0.3) is 0 Å². The molecule has 1 aromatic heterocycles. The van der Waals surface area contributed by atoms with E-state index in [2.05, 4.69) is 9.69 Å². The Morgan fingerprint density at radius 3 is 3.09 bits per heavy atom. The van der Waals surface area contributed by atoms with E-state index in [1.807, 2.05) is 0 Å². The molecule has 1 heterocycles. The largest absolute Gasteiger partial charge is 0.396 e. The Kier molecular flexibility index (Phi) is 1.79. The van der Waals surface area contributed by atoms with Crippen molar-refractivity contribution in [2.75, 3.05) is 5.73 Å². The van der Waals surface area contributed by atoms with Crippen molar-refractivity contribution >= 4 is 17.2 Å². The van der Waals surface area contributed by atoms with Gasteiger partial charge in [-0.1, -0.05) is 0 Å². The molecule has 0 atom stereocenters. The first-order valence-electron chi connectivity index (χ1n) is 3.78. The van der Waals surface area contributed by atoms with Gasteiger partial charge in [0.1, 0.15) is 0 Å². The molecule has 0 radical (unpaired) electrons. The molecule has 1 aliphatic carbocycles. The Labute approximate surface area is 69.8 Å². The topological polar surface area (TPSA) is 50.9 Å². The van der Waals surface area contributed by atoms with Crippen molar-refractivity contribution in [1.29, 1.82) is 0 Å². The van der Waals surface area contributed by atoms with Crippen LogP contribution in [0.2, 0.25) is 0 Å². The molecule has 4 heteroatoms. The number of hydrogen-bond acceptors (Lipinski definition) is 4. The number of nitrogens with zero attached hydrogens (tertiary/aromatic N) is 1. The van der Waals surface area contributed by atoms with Crippen LogP contribution >= 0.6 is 11.5 Å². The molecule has 1 aliphatic rings. The average molecular weight is 169 g/mol. The molecule has 60 valence electrons. The molecule has 0 aromatic carbocycles. The minimum Gasteiger partial charge on any atom is -0.396 e. The predicted octanol–water partition coefficient (Wildman–Crippen LogP) is 0.977. The highest BCUT2D eigenvalue weighted by Gasteiger charge is 2.20. The van der Waals surface area contributed by atoms with Crippen molar-refractivity contribution in [2.24, 2.45) is 0 Å². The molecule has 3 N–H and O–H groups in total. The van der Waals surface area contributed by atoms with E-state index in [1.54, 1.807) is 6.20 Å². The highest BCUT2D eigenvalue weighted by molar-refractivity contribution is 7.06. The lowest BCUT2D eigenvalue weighted by Crippen LogP contribution is -2.15. The summed E-state index contributed by atoms with van der Waals surface area (Å²) in [7, 11) is 0. The number of rotatable bonds is 3. The van der Waals surface area contributed by atoms with Crippen LogP contribution in [0, 0.1) is 0 Å². The molecule has 3 nitrogen and oxygen atoms in total. The summed E-state index contributed by atoms with van der Waals surface area (Å²) in [4.78, 5) is 1.16. The highest BCUT2D eigenvalue weighted by atomic mass is 32.1. The third-order valence-electron chi connectivity index (χ3n) is 1.81. The van der Waals surface area contributed by atoms with E-state index in [0.29, 0.717) is 0 Å². The Balaban J connectivity index is 1.89. The monoisotopic (exact) mass is 169 g/mol. The fourth-order valence-electron chi connectivity index (χ4n) is 0.930. The number of nitrogens with two attached hydrogens (primary N) is 1. The van der Waals surface area contributed by atoms with Gasteiger partial charge < -0.3 is 11.1 Å². The van der Waals surface area contributed by atoms with Gasteiger partial charge in [-0.25, -0.2) is 0 Å². The summed E-state index contributed by atoms with van der Waals surface area (Å²) < 4.78 is 4.00. The van der Waals surface area contributed by atoms with E-state index in [4.69, 9.17) is 5.73 Å². The second kappa shape index (κ2) is 2.79. The fraction of sp³-hybridized carbons (Fsp3) is 0.571. The summed E-state index contributed by atoms with van der Waals surface area (Å²) in [5.74, 6) is 0. The van der Waals surface area contributed by atoms with Gasteiger partial charge in [0, 0.05) is 12.6 Å². The molecular formula is C7H11N3S. The van der Waals surface area contributed by atoms with Gasteiger partial charge in [-0.3, -0.25) is 0 Å². The zero-order valence-electron chi connectivity index (χ0n) is 6.21. The maximum atomic E-state index is 5.66. The molecule has 0 unspecified atom stereocenters. The normalized spacial score (nSPS) is 17.1. The van der Waals surface area contributed by atoms with E-state index in [1.165, 1.54) is 24.4 Å². The summed E-state index contributed by atoms with van der Waals surface area (Å²) in [5.41, 5.74) is 6.48. The molecule has 1 saturated carbocycles. The molecule has 0 spiro atoms. The van der Waals surface area contributed by atoms with Crippen LogP contribution in [0.25, 0.3) is 0 Å². The number of anilines is 1. The third kappa shape index (κ3) is 1.70. The van der Waals surface area contributed by atoms with Crippen LogP contribution in [-0.2, 0) is 6.54 Å². The Morgan fingerprint density at radius 1 is 1.73 bits per heavy atom. The molecule has 1 aromatic rings. The van der Waals surface area contributed by atoms with Crippen LogP contribution in [0.4, 0.5) is 5.69 Å². The Hall–Kier alpha value is -0.610. The minimum atomic E-state index is 0.747. The van der Waals surface area contributed by atoms with Crippen LogP contribution in [0.15, 0.2) is 6.20 Å². The Morgan fingerprint density at radius 2 is 2.55 bits per heavy atom. The van der Waals surface area contributed by atoms with Crippen molar-refractivity contribution < 1.29 is 0 Å². The van der Waals surface area contributed by atoms with E-state index in [-0.39, 0.29) is 0 Å². The molecule has 0 amide bonds. The number of nitrogens with one attached hydrogen (secondary N) is 1. The van der Waals surface area contributed by atoms with Crippen LogP contribution in [0.5, 0.6) is 0 Å². The van der Waals surface area contributed by atoms with Crippen molar-refractivity contribution in [1.82, 2.24) is 9.69 Å². The lowest BCUT2D eigenvalue weighted by molar-refractivity contribution is 0.696. The smallest absolute Gasteiger partial charge is 0.0672 e. The number of nitrogen functional groups attached to an aromatic ring is 1. The van der Waals surface area contributed by atoms with Gasteiger partial charge in [-0.2, -0.15) is 4.37 Å². The summed E-state index contributed by atoms with van der Waals surface area (Å²) in [5, 5.41) is 3.39. The van der Waals surface area contributed by atoms with Gasteiger partial charge in [-0.15, -0.1) is 0 Å². The fourth-order valence-corrected chi connectivity index (χ4v) is 1.53. The average Bonchev–Trinajstić information content (AvgIpc) is 2.73. The quantitative estimate of drug-likeness (QED) is 0.709. The second-order valence-corrected chi connectivity index (χ2v) is 3.75. The van der Waals surface area contributed by atoms with Crippen molar-refractivity contribution in [3.8, 4) is 0 Å². The molecule has 0 bridgehead atoms. The minimum absolute atomic E-state index is 0.747. The number of hydrogen-bond donors (Lipinski definition) is 2. The summed E-state index contributed by atoms with van der Waals surface area (Å²) in [6, 6.07) is 0.747. The summed E-state index contributed by atoms with van der Waals surface area (Å²) in [6.45, 7) is 0.890. The lowest BCUT2D eigenvalue weighted by atomic mass is 10.4. The Bertz CT molecular complexity index is 242. The molecule has 0 saturated heterocycles. The van der Waals surface area contributed by atoms with Gasteiger partial charge in [0.15, 0.2) is 0 Å². The standard InChI is InChI=1S/C7H11N3S/c8-6-3-10-11-7(6)4-9-5-1-2-5/h3,5,9H,1-2,4,8H2. The van der Waals surface area contributed by atoms with E-state index >= 15 is 0 Å². The first-order valence-corrected chi connectivity index (χ1v) is 4.56. The van der Waals surface area contributed by atoms with E-state index in [9.17, 15) is 0 Å².